The molecule has 0 aromatic heterocycles. The minimum absolute atomic E-state index is 0.0821. The normalized spacial score (nSPS) is 17.8. The lowest BCUT2D eigenvalue weighted by molar-refractivity contribution is -0.119. The number of carbonyl (C=O) groups is 2. The summed E-state index contributed by atoms with van der Waals surface area (Å²) < 4.78 is 0. The van der Waals surface area contributed by atoms with Gasteiger partial charge in [0.2, 0.25) is 5.91 Å². The summed E-state index contributed by atoms with van der Waals surface area (Å²) in [5.41, 5.74) is 2.03. The molecule has 0 bridgehead atoms. The number of urea groups is 1. The number of anilines is 1. The molecule has 0 saturated carbocycles. The second-order valence-electron chi connectivity index (χ2n) is 4.68. The predicted molar refractivity (Wildman–Crippen MR) is 75.6 cm³/mol. The van der Waals surface area contributed by atoms with E-state index in [1.54, 1.807) is 4.90 Å². The van der Waals surface area contributed by atoms with E-state index in [1.807, 2.05) is 31.2 Å². The molecular weight excluding hydrogens is 264 g/mol. The van der Waals surface area contributed by atoms with Crippen molar-refractivity contribution in [3.05, 3.63) is 29.8 Å². The quantitative estimate of drug-likeness (QED) is 0.847. The Morgan fingerprint density at radius 2 is 2.16 bits per heavy atom. The Labute approximate surface area is 117 Å². The Hall–Kier alpha value is -1.55. The monoisotopic (exact) mass is 280 g/mol. The van der Waals surface area contributed by atoms with E-state index in [1.165, 1.54) is 0 Å². The average Bonchev–Trinajstić information content (AvgIpc) is 2.38. The van der Waals surface area contributed by atoms with Gasteiger partial charge in [0.15, 0.2) is 0 Å². The van der Waals surface area contributed by atoms with E-state index >= 15 is 0 Å². The van der Waals surface area contributed by atoms with Crippen LogP contribution in [-0.4, -0.2) is 23.9 Å². The summed E-state index contributed by atoms with van der Waals surface area (Å²) in [6.45, 7) is 1.99. The maximum absolute atomic E-state index is 12.2. The molecule has 3 amide bonds. The van der Waals surface area contributed by atoms with Gasteiger partial charge in [0.1, 0.15) is 0 Å². The summed E-state index contributed by atoms with van der Waals surface area (Å²) in [6.07, 6.45) is 2.00. The summed E-state index contributed by atoms with van der Waals surface area (Å²) in [7, 11) is 0. The maximum atomic E-state index is 12.2. The number of amides is 3. The van der Waals surface area contributed by atoms with E-state index in [9.17, 15) is 9.59 Å². The van der Waals surface area contributed by atoms with Crippen molar-refractivity contribution in [1.29, 1.82) is 0 Å². The SMILES string of the molecule is CC1CCc2ccccc2N1C(=O)NC(=O)CCCl. The molecule has 1 aromatic carbocycles. The van der Waals surface area contributed by atoms with Gasteiger partial charge >= 0.3 is 6.03 Å². The number of benzene rings is 1. The summed E-state index contributed by atoms with van der Waals surface area (Å²) in [5.74, 6) is -0.124. The van der Waals surface area contributed by atoms with E-state index in [0.29, 0.717) is 0 Å². The summed E-state index contributed by atoms with van der Waals surface area (Å²) in [4.78, 5) is 25.3. The number of alkyl halides is 1. The number of rotatable bonds is 2. The zero-order valence-electron chi connectivity index (χ0n) is 10.9. The molecule has 0 saturated heterocycles. The van der Waals surface area contributed by atoms with Gasteiger partial charge in [-0.1, -0.05) is 18.2 Å². The molecule has 2 rings (SSSR count). The molecule has 1 aromatic rings. The van der Waals surface area contributed by atoms with E-state index in [0.717, 1.165) is 24.1 Å². The van der Waals surface area contributed by atoms with E-state index < -0.39 is 0 Å². The molecule has 102 valence electrons. The number of nitrogens with zero attached hydrogens (tertiary/aromatic N) is 1. The third kappa shape index (κ3) is 3.07. The number of imide groups is 1. The van der Waals surface area contributed by atoms with Gasteiger partial charge in [-0.05, 0) is 31.4 Å². The Kier molecular flexibility index (Phi) is 4.43. The summed E-state index contributed by atoms with van der Waals surface area (Å²) >= 11 is 5.49. The van der Waals surface area contributed by atoms with Crippen LogP contribution in [0.25, 0.3) is 0 Å². The zero-order valence-corrected chi connectivity index (χ0v) is 11.6. The number of hydrogen-bond donors (Lipinski definition) is 1. The van der Waals surface area contributed by atoms with Gasteiger partial charge in [-0.15, -0.1) is 11.6 Å². The van der Waals surface area contributed by atoms with Crippen LogP contribution in [0.3, 0.4) is 0 Å². The van der Waals surface area contributed by atoms with Crippen molar-refractivity contribution in [3.63, 3.8) is 0 Å². The van der Waals surface area contributed by atoms with Gasteiger partial charge in [0.25, 0.3) is 0 Å². The lowest BCUT2D eigenvalue weighted by Crippen LogP contribution is -2.49. The van der Waals surface area contributed by atoms with Crippen molar-refractivity contribution in [3.8, 4) is 0 Å². The third-order valence-corrected chi connectivity index (χ3v) is 3.50. The van der Waals surface area contributed by atoms with Crippen LogP contribution < -0.4 is 10.2 Å². The number of carbonyl (C=O) groups excluding carboxylic acids is 2. The number of hydrogen-bond acceptors (Lipinski definition) is 2. The van der Waals surface area contributed by atoms with Gasteiger partial charge in [0.05, 0.1) is 0 Å². The Bertz CT molecular complexity index is 490. The highest BCUT2D eigenvalue weighted by Gasteiger charge is 2.28. The van der Waals surface area contributed by atoms with Crippen LogP contribution in [0.1, 0.15) is 25.3 Å². The molecule has 1 aliphatic heterocycles. The largest absolute Gasteiger partial charge is 0.328 e. The lowest BCUT2D eigenvalue weighted by atomic mass is 9.97. The molecule has 1 aliphatic rings. The van der Waals surface area contributed by atoms with Crippen molar-refractivity contribution in [2.45, 2.75) is 32.2 Å². The molecule has 4 nitrogen and oxygen atoms in total. The highest BCUT2D eigenvalue weighted by molar-refractivity contribution is 6.19. The molecule has 1 atom stereocenters. The van der Waals surface area contributed by atoms with Crippen LogP contribution in [0.4, 0.5) is 10.5 Å². The Morgan fingerprint density at radius 1 is 1.42 bits per heavy atom. The van der Waals surface area contributed by atoms with Crippen LogP contribution in [0, 0.1) is 0 Å². The molecular formula is C14H17ClN2O2. The summed E-state index contributed by atoms with van der Waals surface area (Å²) in [5, 5.41) is 2.39. The number of nitrogens with one attached hydrogen (secondary N) is 1. The van der Waals surface area contributed by atoms with Crippen molar-refractivity contribution in [2.24, 2.45) is 0 Å². The molecule has 0 spiro atoms. The number of halogens is 1. The molecule has 5 heteroatoms. The van der Waals surface area contributed by atoms with Crippen LogP contribution in [-0.2, 0) is 11.2 Å². The average molecular weight is 281 g/mol. The fraction of sp³-hybridized carbons (Fsp3) is 0.429. The number of para-hydroxylation sites is 1. The fourth-order valence-electron chi connectivity index (χ4n) is 2.33. The van der Waals surface area contributed by atoms with E-state index in [2.05, 4.69) is 5.32 Å². The highest BCUT2D eigenvalue weighted by Crippen LogP contribution is 2.30. The molecule has 1 unspecified atom stereocenters. The van der Waals surface area contributed by atoms with Gasteiger partial charge in [-0.2, -0.15) is 0 Å². The molecule has 19 heavy (non-hydrogen) atoms. The Morgan fingerprint density at radius 3 is 2.89 bits per heavy atom. The summed E-state index contributed by atoms with van der Waals surface area (Å²) in [6, 6.07) is 7.51. The van der Waals surface area contributed by atoms with E-state index in [4.69, 9.17) is 11.6 Å². The smallest absolute Gasteiger partial charge is 0.291 e. The molecule has 0 aliphatic carbocycles. The predicted octanol–water partition coefficient (Wildman–Crippen LogP) is 2.69. The topological polar surface area (TPSA) is 49.4 Å². The first-order chi connectivity index (χ1) is 9.13. The van der Waals surface area contributed by atoms with Crippen molar-refractivity contribution in [2.75, 3.05) is 10.8 Å². The first-order valence-corrected chi connectivity index (χ1v) is 6.94. The fourth-order valence-corrected chi connectivity index (χ4v) is 2.50. The second kappa shape index (κ2) is 6.06. The van der Waals surface area contributed by atoms with Gasteiger partial charge in [-0.25, -0.2) is 4.79 Å². The maximum Gasteiger partial charge on any atom is 0.328 e. The van der Waals surface area contributed by atoms with Crippen molar-refractivity contribution < 1.29 is 9.59 Å². The van der Waals surface area contributed by atoms with E-state index in [-0.39, 0.29) is 30.3 Å². The van der Waals surface area contributed by atoms with Crippen LogP contribution >= 0.6 is 11.6 Å². The van der Waals surface area contributed by atoms with Crippen LogP contribution in [0.2, 0.25) is 0 Å². The first kappa shape index (κ1) is 13.9. The van der Waals surface area contributed by atoms with Gasteiger partial charge < -0.3 is 0 Å². The Balaban J connectivity index is 2.18. The standard InChI is InChI=1S/C14H17ClN2O2/c1-10-6-7-11-4-2-3-5-12(11)17(10)14(19)16-13(18)8-9-15/h2-5,10H,6-9H2,1H3,(H,16,18,19). The third-order valence-electron chi connectivity index (χ3n) is 3.31. The van der Waals surface area contributed by atoms with Crippen LogP contribution in [0.15, 0.2) is 24.3 Å². The lowest BCUT2D eigenvalue weighted by Gasteiger charge is -2.34. The zero-order chi connectivity index (χ0) is 13.8. The van der Waals surface area contributed by atoms with Gasteiger partial charge in [0, 0.05) is 24.0 Å². The number of fused-ring (bicyclic) bond motifs is 1. The van der Waals surface area contributed by atoms with Gasteiger partial charge in [-0.3, -0.25) is 15.0 Å². The number of aryl methyl sites for hydroxylation is 1. The molecule has 0 radical (unpaired) electrons. The van der Waals surface area contributed by atoms with Crippen molar-refractivity contribution in [1.82, 2.24) is 5.32 Å². The minimum atomic E-state index is -0.366. The molecule has 1 heterocycles. The second-order valence-corrected chi connectivity index (χ2v) is 5.06. The molecule has 0 fully saturated rings. The molecule has 1 N–H and O–H groups in total. The highest BCUT2D eigenvalue weighted by atomic mass is 35.5. The van der Waals surface area contributed by atoms with Crippen LogP contribution in [0.5, 0.6) is 0 Å². The first-order valence-electron chi connectivity index (χ1n) is 6.40. The van der Waals surface area contributed by atoms with Crippen molar-refractivity contribution >= 4 is 29.2 Å². The minimum Gasteiger partial charge on any atom is -0.291 e.